The predicted octanol–water partition coefficient (Wildman–Crippen LogP) is 3.48. The van der Waals surface area contributed by atoms with Gasteiger partial charge in [-0.2, -0.15) is 0 Å². The first kappa shape index (κ1) is 17.5. The molecule has 0 aromatic heterocycles. The molecule has 0 heterocycles. The van der Waals surface area contributed by atoms with Gasteiger partial charge in [0.05, 0.1) is 7.11 Å². The Hall–Kier alpha value is -2.82. The Bertz CT molecular complexity index is 694. The Labute approximate surface area is 142 Å². The van der Waals surface area contributed by atoms with Gasteiger partial charge in [-0.25, -0.2) is 0 Å². The number of anilines is 1. The van der Waals surface area contributed by atoms with Crippen molar-refractivity contribution in [2.24, 2.45) is 0 Å². The average Bonchev–Trinajstić information content (AvgIpc) is 2.62. The number of carbonyl (C=O) groups is 2. The van der Waals surface area contributed by atoms with Crippen molar-refractivity contribution in [2.75, 3.05) is 12.4 Å². The SMILES string of the molecule is CC[C@@H](C)NC(=O)c1ccc(NC(=O)c2ccc(OC)cc2)cc1. The van der Waals surface area contributed by atoms with E-state index in [9.17, 15) is 9.59 Å². The Morgan fingerprint density at radius 1 is 0.958 bits per heavy atom. The number of hydrogen-bond donors (Lipinski definition) is 2. The zero-order valence-corrected chi connectivity index (χ0v) is 14.1. The van der Waals surface area contributed by atoms with Crippen LogP contribution in [-0.4, -0.2) is 25.0 Å². The fourth-order valence-corrected chi connectivity index (χ4v) is 2.06. The zero-order valence-electron chi connectivity index (χ0n) is 14.1. The van der Waals surface area contributed by atoms with Gasteiger partial charge in [0.1, 0.15) is 5.75 Å². The third-order valence-electron chi connectivity index (χ3n) is 3.75. The van der Waals surface area contributed by atoms with E-state index in [1.165, 1.54) is 0 Å². The molecule has 0 saturated heterocycles. The molecule has 0 radical (unpaired) electrons. The van der Waals surface area contributed by atoms with Crippen LogP contribution in [0.1, 0.15) is 41.0 Å². The molecule has 2 aromatic carbocycles. The van der Waals surface area contributed by atoms with E-state index in [1.807, 2.05) is 13.8 Å². The van der Waals surface area contributed by atoms with Gasteiger partial charge in [-0.15, -0.1) is 0 Å². The first-order chi connectivity index (χ1) is 11.5. The smallest absolute Gasteiger partial charge is 0.255 e. The van der Waals surface area contributed by atoms with Gasteiger partial charge in [-0.1, -0.05) is 6.92 Å². The standard InChI is InChI=1S/C19H22N2O3/c1-4-13(2)20-18(22)14-5-9-16(10-6-14)21-19(23)15-7-11-17(24-3)12-8-15/h5-13H,4H2,1-3H3,(H,20,22)(H,21,23)/t13-/m1/s1. The van der Waals surface area contributed by atoms with Crippen molar-refractivity contribution in [3.8, 4) is 5.75 Å². The van der Waals surface area contributed by atoms with E-state index >= 15 is 0 Å². The van der Waals surface area contributed by atoms with Crippen molar-refractivity contribution in [3.05, 3.63) is 59.7 Å². The van der Waals surface area contributed by atoms with E-state index < -0.39 is 0 Å². The maximum atomic E-state index is 12.2. The summed E-state index contributed by atoms with van der Waals surface area (Å²) < 4.78 is 5.07. The highest BCUT2D eigenvalue weighted by molar-refractivity contribution is 6.04. The molecule has 126 valence electrons. The summed E-state index contributed by atoms with van der Waals surface area (Å²) in [5.74, 6) is 0.370. The maximum absolute atomic E-state index is 12.2. The number of ether oxygens (including phenoxy) is 1. The largest absolute Gasteiger partial charge is 0.497 e. The molecule has 0 aliphatic carbocycles. The molecule has 0 bridgehead atoms. The fraction of sp³-hybridized carbons (Fsp3) is 0.263. The molecule has 2 aromatic rings. The van der Waals surface area contributed by atoms with E-state index in [1.54, 1.807) is 55.6 Å². The van der Waals surface area contributed by atoms with E-state index in [4.69, 9.17) is 4.74 Å². The summed E-state index contributed by atoms with van der Waals surface area (Å²) in [6.45, 7) is 3.98. The van der Waals surface area contributed by atoms with Gasteiger partial charge in [0.2, 0.25) is 0 Å². The van der Waals surface area contributed by atoms with Crippen LogP contribution in [0.4, 0.5) is 5.69 Å². The number of rotatable bonds is 6. The Morgan fingerprint density at radius 2 is 1.50 bits per heavy atom. The molecule has 2 rings (SSSR count). The monoisotopic (exact) mass is 326 g/mol. The quantitative estimate of drug-likeness (QED) is 0.854. The summed E-state index contributed by atoms with van der Waals surface area (Å²) in [5, 5.41) is 5.71. The minimum atomic E-state index is -0.213. The Morgan fingerprint density at radius 3 is 2.04 bits per heavy atom. The molecule has 0 unspecified atom stereocenters. The second kappa shape index (κ2) is 8.15. The van der Waals surface area contributed by atoms with Gasteiger partial charge in [0, 0.05) is 22.9 Å². The molecule has 0 fully saturated rings. The predicted molar refractivity (Wildman–Crippen MR) is 94.6 cm³/mol. The molecule has 2 amide bonds. The number of benzene rings is 2. The third kappa shape index (κ3) is 4.59. The minimum absolute atomic E-state index is 0.114. The molecule has 0 aliphatic rings. The summed E-state index contributed by atoms with van der Waals surface area (Å²) in [6.07, 6.45) is 0.877. The highest BCUT2D eigenvalue weighted by atomic mass is 16.5. The molecule has 2 N–H and O–H groups in total. The molecule has 5 nitrogen and oxygen atoms in total. The van der Waals surface area contributed by atoms with Gasteiger partial charge < -0.3 is 15.4 Å². The number of carbonyl (C=O) groups excluding carboxylic acids is 2. The van der Waals surface area contributed by atoms with Gasteiger partial charge in [-0.05, 0) is 61.9 Å². The topological polar surface area (TPSA) is 67.4 Å². The molecular formula is C19H22N2O3. The van der Waals surface area contributed by atoms with Crippen molar-refractivity contribution in [2.45, 2.75) is 26.3 Å². The average molecular weight is 326 g/mol. The van der Waals surface area contributed by atoms with E-state index in [0.717, 1.165) is 6.42 Å². The van der Waals surface area contributed by atoms with Crippen molar-refractivity contribution in [3.63, 3.8) is 0 Å². The first-order valence-corrected chi connectivity index (χ1v) is 7.89. The molecule has 0 spiro atoms. The summed E-state index contributed by atoms with van der Waals surface area (Å²) >= 11 is 0. The van der Waals surface area contributed by atoms with Crippen molar-refractivity contribution < 1.29 is 14.3 Å². The third-order valence-corrected chi connectivity index (χ3v) is 3.75. The van der Waals surface area contributed by atoms with Gasteiger partial charge in [0.25, 0.3) is 11.8 Å². The van der Waals surface area contributed by atoms with Gasteiger partial charge >= 0.3 is 0 Å². The first-order valence-electron chi connectivity index (χ1n) is 7.89. The van der Waals surface area contributed by atoms with Crippen LogP contribution in [0.25, 0.3) is 0 Å². The lowest BCUT2D eigenvalue weighted by atomic mass is 10.1. The maximum Gasteiger partial charge on any atom is 0.255 e. The fourth-order valence-electron chi connectivity index (χ4n) is 2.06. The number of hydrogen-bond acceptors (Lipinski definition) is 3. The molecule has 0 aliphatic heterocycles. The van der Waals surface area contributed by atoms with E-state index in [-0.39, 0.29) is 17.9 Å². The molecule has 1 atom stereocenters. The molecule has 0 saturated carbocycles. The lowest BCUT2D eigenvalue weighted by Crippen LogP contribution is -2.31. The summed E-state index contributed by atoms with van der Waals surface area (Å²) in [5.41, 5.74) is 1.74. The van der Waals surface area contributed by atoms with Crippen LogP contribution in [0.5, 0.6) is 5.75 Å². The summed E-state index contributed by atoms with van der Waals surface area (Å²) in [6, 6.07) is 13.8. The van der Waals surface area contributed by atoms with Crippen molar-refractivity contribution in [1.29, 1.82) is 0 Å². The van der Waals surface area contributed by atoms with E-state index in [0.29, 0.717) is 22.6 Å². The van der Waals surface area contributed by atoms with E-state index in [2.05, 4.69) is 10.6 Å². The normalized spacial score (nSPS) is 11.5. The van der Waals surface area contributed by atoms with Crippen LogP contribution >= 0.6 is 0 Å². The molecular weight excluding hydrogens is 304 g/mol. The van der Waals surface area contributed by atoms with Crippen LogP contribution < -0.4 is 15.4 Å². The zero-order chi connectivity index (χ0) is 17.5. The number of methoxy groups -OCH3 is 1. The highest BCUT2D eigenvalue weighted by Gasteiger charge is 2.10. The van der Waals surface area contributed by atoms with Crippen LogP contribution in [0.15, 0.2) is 48.5 Å². The van der Waals surface area contributed by atoms with Crippen LogP contribution in [-0.2, 0) is 0 Å². The Kier molecular flexibility index (Phi) is 5.95. The lowest BCUT2D eigenvalue weighted by molar-refractivity contribution is 0.0938. The highest BCUT2D eigenvalue weighted by Crippen LogP contribution is 2.14. The Balaban J connectivity index is 2.00. The van der Waals surface area contributed by atoms with Crippen LogP contribution in [0.3, 0.4) is 0 Å². The van der Waals surface area contributed by atoms with Crippen LogP contribution in [0, 0.1) is 0 Å². The molecule has 24 heavy (non-hydrogen) atoms. The lowest BCUT2D eigenvalue weighted by Gasteiger charge is -2.12. The van der Waals surface area contributed by atoms with Gasteiger partial charge in [0.15, 0.2) is 0 Å². The van der Waals surface area contributed by atoms with Gasteiger partial charge in [-0.3, -0.25) is 9.59 Å². The second-order valence-corrected chi connectivity index (χ2v) is 5.54. The summed E-state index contributed by atoms with van der Waals surface area (Å²) in [4.78, 5) is 24.2. The van der Waals surface area contributed by atoms with Crippen molar-refractivity contribution in [1.82, 2.24) is 5.32 Å². The number of amides is 2. The van der Waals surface area contributed by atoms with Crippen molar-refractivity contribution >= 4 is 17.5 Å². The minimum Gasteiger partial charge on any atom is -0.497 e. The van der Waals surface area contributed by atoms with Crippen LogP contribution in [0.2, 0.25) is 0 Å². The molecule has 5 heteroatoms. The second-order valence-electron chi connectivity index (χ2n) is 5.54. The number of nitrogens with one attached hydrogen (secondary N) is 2. The summed E-state index contributed by atoms with van der Waals surface area (Å²) in [7, 11) is 1.58.